The molecule has 0 heterocycles. The summed E-state index contributed by atoms with van der Waals surface area (Å²) in [6.07, 6.45) is 107. The van der Waals surface area contributed by atoms with E-state index in [0.29, 0.717) is 6.42 Å². The Morgan fingerprint density at radius 2 is 0.571 bits per heavy atom. The Hall–Kier alpha value is -3.85. The summed E-state index contributed by atoms with van der Waals surface area (Å²) >= 11 is 0. The normalized spacial score (nSPS) is 13.7. The van der Waals surface area contributed by atoms with Crippen LogP contribution in [0.4, 0.5) is 0 Å². The lowest BCUT2D eigenvalue weighted by Gasteiger charge is -2.19. The maximum absolute atomic E-state index is 12.8. The Morgan fingerprint density at radius 1 is 0.330 bits per heavy atom. The molecule has 0 aromatic carbocycles. The monoisotopic (exact) mass is 1290 g/mol. The van der Waals surface area contributed by atoms with Crippen molar-refractivity contribution >= 4 is 19.8 Å². The number of hydrogen-bond acceptors (Lipinski definition) is 8. The van der Waals surface area contributed by atoms with Gasteiger partial charge >= 0.3 is 19.8 Å². The van der Waals surface area contributed by atoms with Crippen molar-refractivity contribution in [1.82, 2.24) is 0 Å². The molecule has 0 bridgehead atoms. The van der Waals surface area contributed by atoms with Gasteiger partial charge in [0, 0.05) is 19.4 Å². The maximum Gasteiger partial charge on any atom is 0.472 e. The molecule has 0 amide bonds. The number of ether oxygens (including phenoxy) is 2. The first-order chi connectivity index (χ1) is 44.8. The van der Waals surface area contributed by atoms with Crippen molar-refractivity contribution in [1.29, 1.82) is 0 Å². The topological polar surface area (TPSA) is 134 Å². The number of esters is 2. The highest BCUT2D eigenvalue weighted by Crippen LogP contribution is 2.43. The number of phosphoric acid groups is 1. The fourth-order valence-corrected chi connectivity index (χ4v) is 11.3. The molecule has 0 fully saturated rings. The highest BCUT2D eigenvalue weighted by atomic mass is 31.2. The van der Waals surface area contributed by atoms with Crippen molar-refractivity contribution in [3.05, 3.63) is 134 Å². The van der Waals surface area contributed by atoms with Crippen molar-refractivity contribution in [3.8, 4) is 0 Å². The fourth-order valence-electron chi connectivity index (χ4n) is 10.6. The van der Waals surface area contributed by atoms with E-state index in [4.69, 9.17) is 24.3 Å². The van der Waals surface area contributed by atoms with Gasteiger partial charge < -0.3 is 20.1 Å². The van der Waals surface area contributed by atoms with Gasteiger partial charge in [-0.3, -0.25) is 18.6 Å². The summed E-state index contributed by atoms with van der Waals surface area (Å²) in [6, 6.07) is 0. The first-order valence-corrected chi connectivity index (χ1v) is 39.2. The third-order valence-electron chi connectivity index (χ3n) is 16.0. The summed E-state index contributed by atoms with van der Waals surface area (Å²) in [6.45, 7) is 3.54. The molecule has 0 rings (SSSR count). The highest BCUT2D eigenvalue weighted by molar-refractivity contribution is 7.47. The molecule has 0 spiro atoms. The van der Waals surface area contributed by atoms with Crippen LogP contribution in [0.5, 0.6) is 0 Å². The SMILES string of the molecule is CC/C=C\C/C=C\C/C=C\C/C=C\C/C=C\C/C=C\CCCCCCCCCCCCC(=O)OC(COC(=O)CCCCCCCCCCCCCCCCCCCCCCCCCCC/C=C\C/C=C\C/C=C\C/C=C\C/C=C\CC)COP(=O)(O)OCCN. The van der Waals surface area contributed by atoms with Crippen LogP contribution >= 0.6 is 7.82 Å². The van der Waals surface area contributed by atoms with E-state index in [1.807, 2.05) is 0 Å². The molecule has 91 heavy (non-hydrogen) atoms. The van der Waals surface area contributed by atoms with Crippen LogP contribution in [0.3, 0.4) is 0 Å². The van der Waals surface area contributed by atoms with E-state index in [1.165, 1.54) is 186 Å². The van der Waals surface area contributed by atoms with Gasteiger partial charge in [0.25, 0.3) is 0 Å². The molecule has 2 unspecified atom stereocenters. The third-order valence-corrected chi connectivity index (χ3v) is 17.0. The lowest BCUT2D eigenvalue weighted by Crippen LogP contribution is -2.29. The van der Waals surface area contributed by atoms with Gasteiger partial charge in [-0.25, -0.2) is 4.57 Å². The van der Waals surface area contributed by atoms with Gasteiger partial charge in [-0.15, -0.1) is 0 Å². The zero-order valence-corrected chi connectivity index (χ0v) is 59.7. The number of unbranched alkanes of at least 4 members (excludes halogenated alkanes) is 35. The molecule has 3 N–H and O–H groups in total. The highest BCUT2D eigenvalue weighted by Gasteiger charge is 2.26. The second-order valence-electron chi connectivity index (χ2n) is 24.8. The van der Waals surface area contributed by atoms with Crippen molar-refractivity contribution in [2.24, 2.45) is 5.73 Å². The van der Waals surface area contributed by atoms with Gasteiger partial charge in [-0.05, 0) is 109 Å². The molecule has 0 saturated carbocycles. The largest absolute Gasteiger partial charge is 0.472 e. The van der Waals surface area contributed by atoms with Gasteiger partial charge in [0.2, 0.25) is 0 Å². The molecule has 10 heteroatoms. The van der Waals surface area contributed by atoms with Crippen molar-refractivity contribution in [2.75, 3.05) is 26.4 Å². The van der Waals surface area contributed by atoms with E-state index in [0.717, 1.165) is 116 Å². The number of nitrogens with two attached hydrogens (primary N) is 1. The van der Waals surface area contributed by atoms with E-state index in [2.05, 4.69) is 148 Å². The van der Waals surface area contributed by atoms with Crippen LogP contribution in [0.1, 0.15) is 335 Å². The lowest BCUT2D eigenvalue weighted by atomic mass is 10.0. The van der Waals surface area contributed by atoms with Gasteiger partial charge in [0.1, 0.15) is 6.61 Å². The molecular weight excluding hydrogens is 1150 g/mol. The molecule has 0 saturated heterocycles. The predicted octanol–water partition coefficient (Wildman–Crippen LogP) is 25.2. The summed E-state index contributed by atoms with van der Waals surface area (Å²) in [5.41, 5.74) is 5.41. The molecule has 9 nitrogen and oxygen atoms in total. The van der Waals surface area contributed by atoms with E-state index in [9.17, 15) is 19.0 Å². The molecule has 0 radical (unpaired) electrons. The molecule has 2 atom stereocenters. The van der Waals surface area contributed by atoms with Crippen molar-refractivity contribution in [3.63, 3.8) is 0 Å². The maximum atomic E-state index is 12.8. The number of hydrogen-bond donors (Lipinski definition) is 2. The second kappa shape index (κ2) is 75.2. The lowest BCUT2D eigenvalue weighted by molar-refractivity contribution is -0.161. The number of rotatable bonds is 70. The Labute approximate surface area is 561 Å². The summed E-state index contributed by atoms with van der Waals surface area (Å²) in [5, 5.41) is 0. The molecule has 0 aromatic rings. The molecule has 0 aliphatic heterocycles. The van der Waals surface area contributed by atoms with Crippen LogP contribution in [-0.2, 0) is 32.7 Å². The minimum atomic E-state index is -4.40. The number of carbonyl (C=O) groups is 2. The van der Waals surface area contributed by atoms with Crippen molar-refractivity contribution in [2.45, 2.75) is 341 Å². The van der Waals surface area contributed by atoms with Crippen LogP contribution in [0.15, 0.2) is 134 Å². The summed E-state index contributed by atoms with van der Waals surface area (Å²) in [5.74, 6) is -0.825. The molecule has 0 aromatic heterocycles. The number of allylic oxidation sites excluding steroid dienone is 22. The van der Waals surface area contributed by atoms with E-state index >= 15 is 0 Å². The smallest absolute Gasteiger partial charge is 0.462 e. The zero-order valence-electron chi connectivity index (χ0n) is 58.8. The number of carbonyl (C=O) groups excluding carboxylic acids is 2. The quantitative estimate of drug-likeness (QED) is 0.0264. The van der Waals surface area contributed by atoms with Crippen LogP contribution in [0, 0.1) is 0 Å². The average molecular weight is 1290 g/mol. The van der Waals surface area contributed by atoms with Crippen LogP contribution < -0.4 is 5.73 Å². The predicted molar refractivity (Wildman–Crippen MR) is 394 cm³/mol. The summed E-state index contributed by atoms with van der Waals surface area (Å²) < 4.78 is 33.2. The summed E-state index contributed by atoms with van der Waals surface area (Å²) in [7, 11) is -4.40. The van der Waals surface area contributed by atoms with Crippen LogP contribution in [0.25, 0.3) is 0 Å². The van der Waals surface area contributed by atoms with E-state index in [-0.39, 0.29) is 38.6 Å². The van der Waals surface area contributed by atoms with Gasteiger partial charge in [-0.1, -0.05) is 347 Å². The van der Waals surface area contributed by atoms with Crippen LogP contribution in [0.2, 0.25) is 0 Å². The van der Waals surface area contributed by atoms with Crippen LogP contribution in [-0.4, -0.2) is 49.3 Å². The average Bonchev–Trinajstić information content (AvgIpc) is 3.68. The third kappa shape index (κ3) is 75.1. The second-order valence-corrected chi connectivity index (χ2v) is 26.2. The Bertz CT molecular complexity index is 1960. The Morgan fingerprint density at radius 3 is 0.846 bits per heavy atom. The standard InChI is InChI=1S/C81H140NO8P/c1-3-5-7-9-11-13-15-17-19-21-23-25-27-29-31-33-34-35-36-37-38-39-40-41-42-43-44-46-47-49-51-53-55-57-59-61-63-65-67-69-71-73-80(83)87-77-79(78-89-91(85,86)88-76-75-82)90-81(84)74-72-70-68-66-64-62-60-58-56-54-52-50-48-45-32-30-28-26-24-22-20-18-16-14-12-10-8-6-4-2/h5-8,11-14,17-20,23-26,29-32,48,50,79H,3-4,9-10,15-16,21-22,27-28,33-47,49,51-78,82H2,1-2H3,(H,85,86)/b7-5-,8-6-,13-11-,14-12-,19-17-,20-18-,25-23-,26-24-,31-29-,32-30-,50-48-. The minimum Gasteiger partial charge on any atom is -0.462 e. The molecular formula is C81H140NO8P. The molecule has 0 aliphatic rings. The zero-order chi connectivity index (χ0) is 65.8. The van der Waals surface area contributed by atoms with Gasteiger partial charge in [-0.2, -0.15) is 0 Å². The van der Waals surface area contributed by atoms with Gasteiger partial charge in [0.15, 0.2) is 6.10 Å². The van der Waals surface area contributed by atoms with Gasteiger partial charge in [0.05, 0.1) is 13.2 Å². The van der Waals surface area contributed by atoms with Crippen molar-refractivity contribution < 1.29 is 37.6 Å². The Balaban J connectivity index is 3.82. The Kier molecular flexibility index (Phi) is 72.0. The molecule has 0 aliphatic carbocycles. The minimum absolute atomic E-state index is 0.0491. The number of phosphoric ester groups is 1. The van der Waals surface area contributed by atoms with E-state index in [1.54, 1.807) is 0 Å². The fraction of sp³-hybridized carbons (Fsp3) is 0.704. The molecule has 522 valence electrons. The summed E-state index contributed by atoms with van der Waals surface area (Å²) in [4.78, 5) is 35.4. The first-order valence-electron chi connectivity index (χ1n) is 37.7. The first kappa shape index (κ1) is 87.2. The van der Waals surface area contributed by atoms with E-state index < -0.39 is 26.5 Å².